The van der Waals surface area contributed by atoms with Gasteiger partial charge < -0.3 is 24.5 Å². The van der Waals surface area contributed by atoms with Gasteiger partial charge in [0, 0.05) is 0 Å². The number of nitrogens with one attached hydrogen (secondary N) is 2. The van der Waals surface area contributed by atoms with E-state index in [-0.39, 0.29) is 24.9 Å². The summed E-state index contributed by atoms with van der Waals surface area (Å²) in [7, 11) is -3.66. The third kappa shape index (κ3) is 7.70. The number of imidazole rings is 1. The summed E-state index contributed by atoms with van der Waals surface area (Å²) in [6, 6.07) is -0.891. The zero-order valence-corrected chi connectivity index (χ0v) is 23.0. The molecule has 4 N–H and O–H groups in total. The van der Waals surface area contributed by atoms with E-state index in [9.17, 15) is 14.2 Å². The van der Waals surface area contributed by atoms with Gasteiger partial charge in [-0.15, -0.1) is 0 Å². The van der Waals surface area contributed by atoms with E-state index in [1.54, 1.807) is 38.6 Å². The second kappa shape index (κ2) is 12.3. The fraction of sp³-hybridized carbons (Fsp3) is 0.696. The molecule has 1 aliphatic carbocycles. The van der Waals surface area contributed by atoms with Crippen LogP contribution in [0.1, 0.15) is 60.3 Å². The Bertz CT molecular complexity index is 1140. The Morgan fingerprint density at radius 3 is 2.65 bits per heavy atom. The molecular weight excluding hydrogens is 501 g/mol. The molecule has 14 heteroatoms. The quantitative estimate of drug-likeness (QED) is 0.237. The highest BCUT2D eigenvalue weighted by Crippen LogP contribution is 2.40. The molecule has 37 heavy (non-hydrogen) atoms. The van der Waals surface area contributed by atoms with Crippen LogP contribution in [0.3, 0.4) is 0 Å². The molecule has 1 aliphatic rings. The number of fused-ring (bicyclic) bond motifs is 1. The van der Waals surface area contributed by atoms with E-state index < -0.39 is 37.1 Å². The summed E-state index contributed by atoms with van der Waals surface area (Å²) < 4.78 is 32.5. The lowest BCUT2D eigenvalue weighted by molar-refractivity contribution is -0.154. The summed E-state index contributed by atoms with van der Waals surface area (Å²) >= 11 is 0. The van der Waals surface area contributed by atoms with E-state index in [4.69, 9.17) is 19.9 Å². The molecule has 0 aromatic carbocycles. The Labute approximate surface area is 216 Å². The minimum Gasteiger partial charge on any atom is -0.464 e. The van der Waals surface area contributed by atoms with Gasteiger partial charge in [-0.25, -0.2) is 25.1 Å². The van der Waals surface area contributed by atoms with Crippen LogP contribution in [0, 0.1) is 0 Å². The maximum Gasteiger partial charge on any atom is 0.326 e. The highest BCUT2D eigenvalue weighted by molar-refractivity contribution is 7.59. The smallest absolute Gasteiger partial charge is 0.326 e. The first-order valence-corrected chi connectivity index (χ1v) is 14.4. The number of nitrogen functional groups attached to an aromatic ring is 1. The number of anilines is 1. The number of ether oxygens (including phenoxy) is 3. The first-order chi connectivity index (χ1) is 17.4. The van der Waals surface area contributed by atoms with Crippen molar-refractivity contribution in [2.75, 3.05) is 18.7 Å². The van der Waals surface area contributed by atoms with Crippen LogP contribution in [-0.2, 0) is 34.9 Å². The molecular formula is C23H38N7O6P. The zero-order valence-electron chi connectivity index (χ0n) is 22.1. The van der Waals surface area contributed by atoms with Gasteiger partial charge in [0.05, 0.1) is 25.6 Å². The molecule has 0 spiro atoms. The summed E-state index contributed by atoms with van der Waals surface area (Å²) in [5.41, 5.74) is 5.58. The minimum absolute atomic E-state index is 0.108. The van der Waals surface area contributed by atoms with E-state index in [0.717, 1.165) is 19.3 Å². The molecule has 3 unspecified atom stereocenters. The number of carbonyl (C=O) groups is 2. The van der Waals surface area contributed by atoms with E-state index >= 15 is 0 Å². The number of rotatable bonds is 14. The molecule has 1 fully saturated rings. The number of esters is 2. The van der Waals surface area contributed by atoms with Crippen molar-refractivity contribution in [2.45, 2.75) is 90.6 Å². The van der Waals surface area contributed by atoms with E-state index in [1.807, 2.05) is 6.92 Å². The van der Waals surface area contributed by atoms with Gasteiger partial charge >= 0.3 is 11.9 Å². The molecule has 0 amide bonds. The lowest BCUT2D eigenvalue weighted by Gasteiger charge is -2.33. The Balaban J connectivity index is 1.70. The van der Waals surface area contributed by atoms with Gasteiger partial charge in [0.15, 0.2) is 11.5 Å². The second-order valence-corrected chi connectivity index (χ2v) is 12.1. The third-order valence-electron chi connectivity index (χ3n) is 5.92. The molecule has 13 nitrogen and oxygen atoms in total. The van der Waals surface area contributed by atoms with Crippen LogP contribution in [0.5, 0.6) is 0 Å². The van der Waals surface area contributed by atoms with Gasteiger partial charge in [-0.1, -0.05) is 6.92 Å². The summed E-state index contributed by atoms with van der Waals surface area (Å²) in [6.45, 7) is 8.98. The van der Waals surface area contributed by atoms with Crippen molar-refractivity contribution < 1.29 is 28.4 Å². The number of nitrogens with zero attached hydrogens (tertiary/aromatic N) is 4. The van der Waals surface area contributed by atoms with Gasteiger partial charge in [-0.2, -0.15) is 0 Å². The van der Waals surface area contributed by atoms with Crippen molar-refractivity contribution in [1.82, 2.24) is 29.7 Å². The summed E-state index contributed by atoms with van der Waals surface area (Å²) in [5, 5.41) is 5.72. The number of hydrogen-bond acceptors (Lipinski definition) is 10. The SMILES string of the molecule is CCCOC(=O)C(C)(C)NP(=O)(COC(C)Cn1cnc2c(N)ncnc21)NC(C)C(=O)OC1CCC1. The largest absolute Gasteiger partial charge is 0.464 e. The molecule has 2 aromatic heterocycles. The Kier molecular flexibility index (Phi) is 9.63. The lowest BCUT2D eigenvalue weighted by Crippen LogP contribution is -2.50. The first kappa shape index (κ1) is 29.0. The number of aromatic nitrogens is 4. The topological polar surface area (TPSA) is 173 Å². The second-order valence-electron chi connectivity index (χ2n) is 9.89. The molecule has 206 valence electrons. The van der Waals surface area contributed by atoms with Crippen LogP contribution in [0.25, 0.3) is 11.2 Å². The molecule has 3 atom stereocenters. The highest BCUT2D eigenvalue weighted by atomic mass is 31.2. The lowest BCUT2D eigenvalue weighted by atomic mass is 9.96. The summed E-state index contributed by atoms with van der Waals surface area (Å²) in [6.07, 6.45) is 5.41. The predicted molar refractivity (Wildman–Crippen MR) is 138 cm³/mol. The maximum atomic E-state index is 14.0. The van der Waals surface area contributed by atoms with Crippen LogP contribution in [0.15, 0.2) is 12.7 Å². The Hall–Kier alpha value is -2.60. The average molecular weight is 540 g/mol. The monoisotopic (exact) mass is 539 g/mol. The molecule has 0 radical (unpaired) electrons. The fourth-order valence-electron chi connectivity index (χ4n) is 3.69. The van der Waals surface area contributed by atoms with Gasteiger partial charge in [0.1, 0.15) is 35.9 Å². The van der Waals surface area contributed by atoms with E-state index in [0.29, 0.717) is 24.1 Å². The van der Waals surface area contributed by atoms with Crippen LogP contribution < -0.4 is 15.9 Å². The van der Waals surface area contributed by atoms with Crippen molar-refractivity contribution in [3.8, 4) is 0 Å². The Morgan fingerprint density at radius 2 is 2.00 bits per heavy atom. The third-order valence-corrected chi connectivity index (χ3v) is 8.16. The van der Waals surface area contributed by atoms with E-state index in [1.165, 1.54) is 6.33 Å². The molecule has 2 heterocycles. The highest BCUT2D eigenvalue weighted by Gasteiger charge is 2.39. The molecule has 2 aromatic rings. The average Bonchev–Trinajstić information content (AvgIpc) is 3.21. The maximum absolute atomic E-state index is 14.0. The number of nitrogens with two attached hydrogens (primary N) is 1. The summed E-state index contributed by atoms with van der Waals surface area (Å²) in [4.78, 5) is 37.6. The van der Waals surface area contributed by atoms with Crippen molar-refractivity contribution in [3.63, 3.8) is 0 Å². The normalized spacial score (nSPS) is 17.5. The van der Waals surface area contributed by atoms with E-state index in [2.05, 4.69) is 25.1 Å². The van der Waals surface area contributed by atoms with Crippen LogP contribution >= 0.6 is 7.44 Å². The summed E-state index contributed by atoms with van der Waals surface area (Å²) in [5.74, 6) is -0.792. The van der Waals surface area contributed by atoms with Gasteiger partial charge in [-0.3, -0.25) is 14.2 Å². The molecule has 0 bridgehead atoms. The fourth-order valence-corrected chi connectivity index (χ4v) is 6.08. The van der Waals surface area contributed by atoms with Crippen molar-refractivity contribution in [2.24, 2.45) is 0 Å². The molecule has 1 saturated carbocycles. The molecule has 0 aliphatic heterocycles. The van der Waals surface area contributed by atoms with Gasteiger partial charge in [0.2, 0.25) is 7.44 Å². The van der Waals surface area contributed by atoms with Crippen molar-refractivity contribution in [3.05, 3.63) is 12.7 Å². The first-order valence-electron chi connectivity index (χ1n) is 12.5. The standard InChI is InChI=1S/C23H38N7O6P/c1-6-10-34-22(32)23(4,5)29-37(33,28-16(3)21(31)36-17-8-7-9-17)14-35-15(2)11-30-13-27-18-19(24)25-12-26-20(18)30/h12-13,15-17H,6-11,14H2,1-5H3,(H2,24,25,26)(H2,28,29,33). The van der Waals surface area contributed by atoms with Crippen LogP contribution in [-0.4, -0.2) is 68.2 Å². The predicted octanol–water partition coefficient (Wildman–Crippen LogP) is 2.36. The molecule has 0 saturated heterocycles. The Morgan fingerprint density at radius 1 is 1.27 bits per heavy atom. The van der Waals surface area contributed by atoms with Crippen molar-refractivity contribution in [1.29, 1.82) is 0 Å². The number of carbonyl (C=O) groups excluding carboxylic acids is 2. The van der Waals surface area contributed by atoms with Gasteiger partial charge in [-0.05, 0) is 53.4 Å². The van der Waals surface area contributed by atoms with Crippen LogP contribution in [0.4, 0.5) is 5.82 Å². The molecule has 3 rings (SSSR count). The van der Waals surface area contributed by atoms with Crippen molar-refractivity contribution >= 4 is 36.4 Å². The minimum atomic E-state index is -3.66. The number of hydrogen-bond donors (Lipinski definition) is 3. The van der Waals surface area contributed by atoms with Crippen LogP contribution in [0.2, 0.25) is 0 Å². The van der Waals surface area contributed by atoms with Gasteiger partial charge in [0.25, 0.3) is 0 Å². The zero-order chi connectivity index (χ0) is 27.2.